The van der Waals surface area contributed by atoms with Crippen molar-refractivity contribution in [2.75, 3.05) is 31.1 Å². The van der Waals surface area contributed by atoms with E-state index in [2.05, 4.69) is 32.5 Å². The van der Waals surface area contributed by atoms with Crippen molar-refractivity contribution in [3.63, 3.8) is 0 Å². The van der Waals surface area contributed by atoms with Crippen LogP contribution in [-0.4, -0.2) is 36.3 Å². The summed E-state index contributed by atoms with van der Waals surface area (Å²) >= 11 is 0. The molecule has 1 aromatic heterocycles. The van der Waals surface area contributed by atoms with Crippen LogP contribution in [0.3, 0.4) is 0 Å². The SMILES string of the molecule is C1=CC[C@@H](Cc2nc(N3CCNCC3)no2)CC1. The van der Waals surface area contributed by atoms with Gasteiger partial charge in [0.1, 0.15) is 0 Å². The smallest absolute Gasteiger partial charge is 0.266 e. The van der Waals surface area contributed by atoms with Crippen LogP contribution < -0.4 is 10.2 Å². The van der Waals surface area contributed by atoms with E-state index in [1.54, 1.807) is 0 Å². The van der Waals surface area contributed by atoms with Gasteiger partial charge >= 0.3 is 0 Å². The Morgan fingerprint density at radius 2 is 2.22 bits per heavy atom. The van der Waals surface area contributed by atoms with E-state index in [1.807, 2.05) is 0 Å². The molecule has 5 heteroatoms. The Morgan fingerprint density at radius 3 is 3.00 bits per heavy atom. The van der Waals surface area contributed by atoms with Crippen LogP contribution in [0.2, 0.25) is 0 Å². The largest absolute Gasteiger partial charge is 0.337 e. The summed E-state index contributed by atoms with van der Waals surface area (Å²) in [6, 6.07) is 0. The molecule has 2 heterocycles. The lowest BCUT2D eigenvalue weighted by Crippen LogP contribution is -2.44. The van der Waals surface area contributed by atoms with Gasteiger partial charge in [-0.25, -0.2) is 0 Å². The summed E-state index contributed by atoms with van der Waals surface area (Å²) in [7, 11) is 0. The number of hydrogen-bond acceptors (Lipinski definition) is 5. The van der Waals surface area contributed by atoms with Gasteiger partial charge in [-0.2, -0.15) is 4.98 Å². The van der Waals surface area contributed by atoms with Crippen LogP contribution in [0.15, 0.2) is 16.7 Å². The molecule has 0 amide bonds. The van der Waals surface area contributed by atoms with E-state index in [9.17, 15) is 0 Å². The van der Waals surface area contributed by atoms with Crippen molar-refractivity contribution in [3.05, 3.63) is 18.0 Å². The van der Waals surface area contributed by atoms with Crippen LogP contribution >= 0.6 is 0 Å². The molecule has 0 radical (unpaired) electrons. The fourth-order valence-corrected chi connectivity index (χ4v) is 2.61. The molecule has 0 unspecified atom stereocenters. The Kier molecular flexibility index (Phi) is 3.59. The maximum absolute atomic E-state index is 5.37. The number of aromatic nitrogens is 2. The van der Waals surface area contributed by atoms with Gasteiger partial charge in [0.15, 0.2) is 0 Å². The van der Waals surface area contributed by atoms with Crippen LogP contribution in [0.4, 0.5) is 5.95 Å². The third-order valence-electron chi connectivity index (χ3n) is 3.70. The fraction of sp³-hybridized carbons (Fsp3) is 0.692. The molecule has 1 aliphatic heterocycles. The highest BCUT2D eigenvalue weighted by molar-refractivity contribution is 5.28. The maximum Gasteiger partial charge on any atom is 0.266 e. The lowest BCUT2D eigenvalue weighted by Gasteiger charge is -2.25. The van der Waals surface area contributed by atoms with Crippen LogP contribution in [0, 0.1) is 5.92 Å². The molecule has 0 bridgehead atoms. The van der Waals surface area contributed by atoms with Crippen LogP contribution in [-0.2, 0) is 6.42 Å². The standard InChI is InChI=1S/C13H20N4O/c1-2-4-11(5-3-1)10-12-15-13(16-18-12)17-8-6-14-7-9-17/h1-2,11,14H,3-10H2/t11-/m1/s1. The highest BCUT2D eigenvalue weighted by Crippen LogP contribution is 2.22. The van der Waals surface area contributed by atoms with E-state index >= 15 is 0 Å². The number of nitrogens with one attached hydrogen (secondary N) is 1. The number of nitrogens with zero attached hydrogens (tertiary/aromatic N) is 3. The first-order valence-corrected chi connectivity index (χ1v) is 6.85. The molecule has 5 nitrogen and oxygen atoms in total. The summed E-state index contributed by atoms with van der Waals surface area (Å²) in [5.41, 5.74) is 0. The van der Waals surface area contributed by atoms with Gasteiger partial charge < -0.3 is 14.7 Å². The Balaban J connectivity index is 1.60. The Hall–Kier alpha value is -1.36. The van der Waals surface area contributed by atoms with Crippen molar-refractivity contribution in [1.82, 2.24) is 15.5 Å². The monoisotopic (exact) mass is 248 g/mol. The van der Waals surface area contributed by atoms with Crippen molar-refractivity contribution < 1.29 is 4.52 Å². The normalized spacial score (nSPS) is 24.4. The summed E-state index contributed by atoms with van der Waals surface area (Å²) in [6.07, 6.45) is 9.01. The summed E-state index contributed by atoms with van der Waals surface area (Å²) in [5, 5.41) is 7.42. The van der Waals surface area contributed by atoms with Crippen LogP contribution in [0.5, 0.6) is 0 Å². The first-order valence-electron chi connectivity index (χ1n) is 6.85. The van der Waals surface area contributed by atoms with Gasteiger partial charge in [-0.05, 0) is 30.3 Å². The molecular weight excluding hydrogens is 228 g/mol. The molecule has 18 heavy (non-hydrogen) atoms. The number of piperazine rings is 1. The summed E-state index contributed by atoms with van der Waals surface area (Å²) in [4.78, 5) is 6.71. The average Bonchev–Trinajstić information content (AvgIpc) is 2.89. The zero-order valence-corrected chi connectivity index (χ0v) is 10.6. The third kappa shape index (κ3) is 2.72. The minimum atomic E-state index is 0.673. The van der Waals surface area contributed by atoms with Gasteiger partial charge in [-0.1, -0.05) is 12.2 Å². The topological polar surface area (TPSA) is 54.2 Å². The predicted molar refractivity (Wildman–Crippen MR) is 69.6 cm³/mol. The lowest BCUT2D eigenvalue weighted by molar-refractivity contribution is 0.342. The highest BCUT2D eigenvalue weighted by Gasteiger charge is 2.19. The Bertz CT molecular complexity index is 409. The van der Waals surface area contributed by atoms with Gasteiger partial charge in [-0.15, -0.1) is 0 Å². The molecular formula is C13H20N4O. The minimum Gasteiger partial charge on any atom is -0.337 e. The van der Waals surface area contributed by atoms with Crippen molar-refractivity contribution in [2.24, 2.45) is 5.92 Å². The van der Waals surface area contributed by atoms with E-state index in [4.69, 9.17) is 4.52 Å². The number of hydrogen-bond donors (Lipinski definition) is 1. The molecule has 98 valence electrons. The van der Waals surface area contributed by atoms with E-state index in [0.717, 1.165) is 50.9 Å². The molecule has 1 N–H and O–H groups in total. The third-order valence-corrected chi connectivity index (χ3v) is 3.70. The fourth-order valence-electron chi connectivity index (χ4n) is 2.61. The van der Waals surface area contributed by atoms with Crippen LogP contribution in [0.25, 0.3) is 0 Å². The molecule has 2 aliphatic rings. The molecule has 3 rings (SSSR count). The average molecular weight is 248 g/mol. The second-order valence-corrected chi connectivity index (χ2v) is 5.08. The molecule has 1 aromatic rings. The molecule has 1 saturated heterocycles. The molecule has 1 aliphatic carbocycles. The quantitative estimate of drug-likeness (QED) is 0.819. The van der Waals surface area contributed by atoms with E-state index in [1.165, 1.54) is 12.8 Å². The Labute approximate surface area is 107 Å². The van der Waals surface area contributed by atoms with Gasteiger partial charge in [0.05, 0.1) is 0 Å². The second kappa shape index (κ2) is 5.52. The zero-order chi connectivity index (χ0) is 12.2. The molecule has 1 atom stereocenters. The summed E-state index contributed by atoms with van der Waals surface area (Å²) in [6.45, 7) is 3.92. The molecule has 0 saturated carbocycles. The van der Waals surface area contributed by atoms with Gasteiger partial charge in [0, 0.05) is 32.6 Å². The number of allylic oxidation sites excluding steroid dienone is 2. The first-order chi connectivity index (χ1) is 8.92. The van der Waals surface area contributed by atoms with Crippen molar-refractivity contribution in [1.29, 1.82) is 0 Å². The molecule has 0 aromatic carbocycles. The van der Waals surface area contributed by atoms with E-state index < -0.39 is 0 Å². The van der Waals surface area contributed by atoms with Crippen molar-refractivity contribution in [3.8, 4) is 0 Å². The summed E-state index contributed by atoms with van der Waals surface area (Å²) < 4.78 is 5.37. The second-order valence-electron chi connectivity index (χ2n) is 5.08. The van der Waals surface area contributed by atoms with E-state index in [-0.39, 0.29) is 0 Å². The van der Waals surface area contributed by atoms with Crippen LogP contribution in [0.1, 0.15) is 25.2 Å². The molecule has 1 fully saturated rings. The lowest BCUT2D eigenvalue weighted by atomic mass is 9.91. The zero-order valence-electron chi connectivity index (χ0n) is 10.6. The van der Waals surface area contributed by atoms with Gasteiger partial charge in [-0.3, -0.25) is 0 Å². The highest BCUT2D eigenvalue weighted by atomic mass is 16.5. The number of anilines is 1. The first kappa shape index (κ1) is 11.7. The maximum atomic E-state index is 5.37. The van der Waals surface area contributed by atoms with Crippen molar-refractivity contribution >= 4 is 5.95 Å². The number of rotatable bonds is 3. The van der Waals surface area contributed by atoms with Gasteiger partial charge in [0.25, 0.3) is 5.95 Å². The van der Waals surface area contributed by atoms with Gasteiger partial charge in [0.2, 0.25) is 5.89 Å². The molecule has 0 spiro atoms. The Morgan fingerprint density at radius 1 is 1.33 bits per heavy atom. The summed E-state index contributed by atoms with van der Waals surface area (Å²) in [5.74, 6) is 2.23. The predicted octanol–water partition coefficient (Wildman–Crippen LogP) is 1.38. The minimum absolute atomic E-state index is 0.673. The van der Waals surface area contributed by atoms with Crippen molar-refractivity contribution in [2.45, 2.75) is 25.7 Å². The van der Waals surface area contributed by atoms with E-state index in [0.29, 0.717) is 5.92 Å².